The van der Waals surface area contributed by atoms with Gasteiger partial charge in [0.25, 0.3) is 0 Å². The standard InChI is InChI=1S/C16H21N3S/c1-12-2-4-13(5-3-12)16-18-15(11-20-16)10-19-8-6-14(17)7-9-19/h2-5,11,14H,6-10,17H2,1H3. The molecule has 0 atom stereocenters. The predicted molar refractivity (Wildman–Crippen MR) is 84.8 cm³/mol. The molecular weight excluding hydrogens is 266 g/mol. The number of piperidine rings is 1. The van der Waals surface area contributed by atoms with Crippen LogP contribution in [0.3, 0.4) is 0 Å². The predicted octanol–water partition coefficient (Wildman–Crippen LogP) is 3.04. The van der Waals surface area contributed by atoms with E-state index in [2.05, 4.69) is 41.5 Å². The van der Waals surface area contributed by atoms with Gasteiger partial charge in [0.05, 0.1) is 5.69 Å². The van der Waals surface area contributed by atoms with E-state index in [9.17, 15) is 0 Å². The van der Waals surface area contributed by atoms with Crippen molar-refractivity contribution in [1.29, 1.82) is 0 Å². The molecular formula is C16H21N3S. The van der Waals surface area contributed by atoms with Crippen LogP contribution in [0.4, 0.5) is 0 Å². The van der Waals surface area contributed by atoms with Gasteiger partial charge in [0.1, 0.15) is 5.01 Å². The zero-order valence-corrected chi connectivity index (χ0v) is 12.7. The Labute approximate surface area is 124 Å². The number of likely N-dealkylation sites (tertiary alicyclic amines) is 1. The van der Waals surface area contributed by atoms with Crippen molar-refractivity contribution in [3.05, 3.63) is 40.9 Å². The Morgan fingerprint density at radius 1 is 1.25 bits per heavy atom. The summed E-state index contributed by atoms with van der Waals surface area (Å²) in [6.07, 6.45) is 2.21. The molecule has 2 N–H and O–H groups in total. The van der Waals surface area contributed by atoms with Crippen LogP contribution in [0.5, 0.6) is 0 Å². The first-order valence-electron chi connectivity index (χ1n) is 7.20. The van der Waals surface area contributed by atoms with Crippen molar-refractivity contribution in [3.63, 3.8) is 0 Å². The van der Waals surface area contributed by atoms with Crippen molar-refractivity contribution < 1.29 is 0 Å². The molecule has 0 saturated carbocycles. The summed E-state index contributed by atoms with van der Waals surface area (Å²) in [5.74, 6) is 0. The number of hydrogen-bond donors (Lipinski definition) is 1. The lowest BCUT2D eigenvalue weighted by Gasteiger charge is -2.29. The number of nitrogens with two attached hydrogens (primary N) is 1. The van der Waals surface area contributed by atoms with Gasteiger partial charge in [-0.25, -0.2) is 4.98 Å². The number of benzene rings is 1. The number of aryl methyl sites for hydroxylation is 1. The molecule has 0 amide bonds. The van der Waals surface area contributed by atoms with Gasteiger partial charge in [-0.15, -0.1) is 11.3 Å². The van der Waals surface area contributed by atoms with Crippen molar-refractivity contribution >= 4 is 11.3 Å². The lowest BCUT2D eigenvalue weighted by atomic mass is 10.1. The first-order valence-corrected chi connectivity index (χ1v) is 8.08. The maximum Gasteiger partial charge on any atom is 0.123 e. The largest absolute Gasteiger partial charge is 0.328 e. The maximum atomic E-state index is 5.94. The molecule has 0 radical (unpaired) electrons. The number of thiazole rings is 1. The van der Waals surface area contributed by atoms with Crippen LogP contribution in [0.2, 0.25) is 0 Å². The van der Waals surface area contributed by atoms with Gasteiger partial charge >= 0.3 is 0 Å². The van der Waals surface area contributed by atoms with Crippen LogP contribution >= 0.6 is 11.3 Å². The Bertz CT molecular complexity index is 553. The zero-order valence-electron chi connectivity index (χ0n) is 11.9. The quantitative estimate of drug-likeness (QED) is 0.943. The van der Waals surface area contributed by atoms with E-state index in [1.165, 1.54) is 16.8 Å². The monoisotopic (exact) mass is 287 g/mol. The van der Waals surface area contributed by atoms with Crippen LogP contribution in [-0.2, 0) is 6.54 Å². The van der Waals surface area contributed by atoms with Crippen molar-refractivity contribution in [2.24, 2.45) is 5.73 Å². The van der Waals surface area contributed by atoms with E-state index in [0.717, 1.165) is 37.5 Å². The Kier molecular flexibility index (Phi) is 4.15. The second kappa shape index (κ2) is 6.04. The number of rotatable bonds is 3. The van der Waals surface area contributed by atoms with Crippen LogP contribution in [0, 0.1) is 6.92 Å². The fraction of sp³-hybridized carbons (Fsp3) is 0.438. The van der Waals surface area contributed by atoms with Crippen molar-refractivity contribution in [1.82, 2.24) is 9.88 Å². The smallest absolute Gasteiger partial charge is 0.123 e. The molecule has 1 fully saturated rings. The van der Waals surface area contributed by atoms with Crippen molar-refractivity contribution in [2.45, 2.75) is 32.4 Å². The number of aromatic nitrogens is 1. The minimum absolute atomic E-state index is 0.393. The first kappa shape index (κ1) is 13.7. The lowest BCUT2D eigenvalue weighted by Crippen LogP contribution is -2.39. The summed E-state index contributed by atoms with van der Waals surface area (Å²) >= 11 is 1.74. The summed E-state index contributed by atoms with van der Waals surface area (Å²) < 4.78 is 0. The molecule has 1 aromatic carbocycles. The van der Waals surface area contributed by atoms with E-state index in [-0.39, 0.29) is 0 Å². The first-order chi connectivity index (χ1) is 9.70. The van der Waals surface area contributed by atoms with Gasteiger partial charge in [0, 0.05) is 36.6 Å². The molecule has 2 aromatic rings. The van der Waals surface area contributed by atoms with Gasteiger partial charge in [-0.1, -0.05) is 29.8 Å². The van der Waals surface area contributed by atoms with Crippen molar-refractivity contribution in [3.8, 4) is 10.6 Å². The van der Waals surface area contributed by atoms with E-state index in [1.807, 2.05) is 0 Å². The lowest BCUT2D eigenvalue weighted by molar-refractivity contribution is 0.204. The Hall–Kier alpha value is -1.23. The highest BCUT2D eigenvalue weighted by Crippen LogP contribution is 2.25. The third kappa shape index (κ3) is 3.26. The van der Waals surface area contributed by atoms with Gasteiger partial charge in [0.15, 0.2) is 0 Å². The van der Waals surface area contributed by atoms with Crippen molar-refractivity contribution in [2.75, 3.05) is 13.1 Å². The van der Waals surface area contributed by atoms with Crippen LogP contribution in [0.25, 0.3) is 10.6 Å². The molecule has 1 saturated heterocycles. The molecule has 3 nitrogen and oxygen atoms in total. The highest BCUT2D eigenvalue weighted by atomic mass is 32.1. The van der Waals surface area contributed by atoms with Gasteiger partial charge in [-0.05, 0) is 19.8 Å². The summed E-state index contributed by atoms with van der Waals surface area (Å²) in [6, 6.07) is 8.98. The normalized spacial score (nSPS) is 17.5. The summed E-state index contributed by atoms with van der Waals surface area (Å²) in [6.45, 7) is 5.25. The zero-order chi connectivity index (χ0) is 13.9. The summed E-state index contributed by atoms with van der Waals surface area (Å²) in [5.41, 5.74) is 9.63. The van der Waals surface area contributed by atoms with Gasteiger partial charge in [-0.3, -0.25) is 4.90 Å². The molecule has 20 heavy (non-hydrogen) atoms. The summed E-state index contributed by atoms with van der Waals surface area (Å²) in [5, 5.41) is 3.30. The molecule has 3 rings (SSSR count). The fourth-order valence-electron chi connectivity index (χ4n) is 2.55. The average Bonchev–Trinajstić information content (AvgIpc) is 2.91. The molecule has 1 aliphatic heterocycles. The van der Waals surface area contributed by atoms with Gasteiger partial charge in [-0.2, -0.15) is 0 Å². The van der Waals surface area contributed by atoms with Crippen LogP contribution in [0.15, 0.2) is 29.6 Å². The molecule has 1 aliphatic rings. The Morgan fingerprint density at radius 2 is 1.95 bits per heavy atom. The second-order valence-electron chi connectivity index (χ2n) is 5.62. The van der Waals surface area contributed by atoms with E-state index >= 15 is 0 Å². The molecule has 0 unspecified atom stereocenters. The molecule has 1 aromatic heterocycles. The molecule has 0 spiro atoms. The number of nitrogens with zero attached hydrogens (tertiary/aromatic N) is 2. The van der Waals surface area contributed by atoms with Crippen LogP contribution < -0.4 is 5.73 Å². The molecule has 4 heteroatoms. The second-order valence-corrected chi connectivity index (χ2v) is 6.48. The molecule has 2 heterocycles. The highest BCUT2D eigenvalue weighted by Gasteiger charge is 2.17. The van der Waals surface area contributed by atoms with Crippen LogP contribution in [-0.4, -0.2) is 29.0 Å². The average molecular weight is 287 g/mol. The van der Waals surface area contributed by atoms with Gasteiger partial charge < -0.3 is 5.73 Å². The fourth-order valence-corrected chi connectivity index (χ4v) is 3.37. The van der Waals surface area contributed by atoms with E-state index in [1.54, 1.807) is 11.3 Å². The number of hydrogen-bond acceptors (Lipinski definition) is 4. The third-order valence-corrected chi connectivity index (χ3v) is 4.81. The molecule has 0 bridgehead atoms. The van der Waals surface area contributed by atoms with Crippen LogP contribution in [0.1, 0.15) is 24.1 Å². The van der Waals surface area contributed by atoms with E-state index in [0.29, 0.717) is 6.04 Å². The minimum atomic E-state index is 0.393. The third-order valence-electron chi connectivity index (χ3n) is 3.87. The molecule has 0 aliphatic carbocycles. The summed E-state index contributed by atoms with van der Waals surface area (Å²) in [4.78, 5) is 7.22. The van der Waals surface area contributed by atoms with Gasteiger partial charge in [0.2, 0.25) is 0 Å². The summed E-state index contributed by atoms with van der Waals surface area (Å²) in [7, 11) is 0. The minimum Gasteiger partial charge on any atom is -0.328 e. The maximum absolute atomic E-state index is 5.94. The SMILES string of the molecule is Cc1ccc(-c2nc(CN3CCC(N)CC3)cs2)cc1. The Balaban J connectivity index is 1.66. The molecule has 106 valence electrons. The Morgan fingerprint density at radius 3 is 2.65 bits per heavy atom. The van der Waals surface area contributed by atoms with E-state index < -0.39 is 0 Å². The topological polar surface area (TPSA) is 42.2 Å². The highest BCUT2D eigenvalue weighted by molar-refractivity contribution is 7.13. The van der Waals surface area contributed by atoms with E-state index in [4.69, 9.17) is 10.7 Å².